The smallest absolute Gasteiger partial charge is 0.137 e. The van der Waals surface area contributed by atoms with Gasteiger partial charge in [-0.2, -0.15) is 0 Å². The average Bonchev–Trinajstić information content (AvgIpc) is 3.95. The second-order valence-electron chi connectivity index (χ2n) is 15.2. The van der Waals surface area contributed by atoms with E-state index in [1.54, 1.807) is 0 Å². The zero-order valence-corrected chi connectivity index (χ0v) is 31.5. The molecular formula is C55H35NO2. The molecule has 58 heavy (non-hydrogen) atoms. The van der Waals surface area contributed by atoms with Crippen LogP contribution in [0.3, 0.4) is 0 Å². The number of anilines is 3. The molecule has 0 fully saturated rings. The Balaban J connectivity index is 1.13. The van der Waals surface area contributed by atoms with Crippen LogP contribution in [-0.2, 0) is 5.41 Å². The monoisotopic (exact) mass is 741 g/mol. The second kappa shape index (κ2) is 12.7. The van der Waals surface area contributed by atoms with Crippen molar-refractivity contribution in [1.82, 2.24) is 0 Å². The fourth-order valence-electron chi connectivity index (χ4n) is 9.68. The molecule has 0 amide bonds. The molecule has 3 nitrogen and oxygen atoms in total. The van der Waals surface area contributed by atoms with Crippen LogP contribution < -0.4 is 4.90 Å². The summed E-state index contributed by atoms with van der Waals surface area (Å²) in [7, 11) is 0. The Morgan fingerprint density at radius 3 is 1.76 bits per heavy atom. The van der Waals surface area contributed by atoms with E-state index in [0.717, 1.165) is 72.1 Å². The van der Waals surface area contributed by atoms with Gasteiger partial charge in [0.25, 0.3) is 0 Å². The summed E-state index contributed by atoms with van der Waals surface area (Å²) in [6, 6.07) is 76.2. The third-order valence-electron chi connectivity index (χ3n) is 12.1. The highest BCUT2D eigenvalue weighted by atomic mass is 16.3. The Morgan fingerprint density at radius 2 is 0.948 bits per heavy atom. The molecule has 0 aliphatic heterocycles. The molecule has 9 aromatic carbocycles. The molecule has 0 N–H and O–H groups in total. The van der Waals surface area contributed by atoms with Gasteiger partial charge in [-0.25, -0.2) is 0 Å². The summed E-state index contributed by atoms with van der Waals surface area (Å²) in [4.78, 5) is 2.36. The molecule has 11 aromatic rings. The maximum atomic E-state index is 6.77. The van der Waals surface area contributed by atoms with Gasteiger partial charge in [-0.1, -0.05) is 152 Å². The van der Waals surface area contributed by atoms with Crippen molar-refractivity contribution >= 4 is 60.9 Å². The molecule has 1 aliphatic rings. The van der Waals surface area contributed by atoms with E-state index in [1.165, 1.54) is 33.4 Å². The van der Waals surface area contributed by atoms with Gasteiger partial charge in [-0.15, -0.1) is 0 Å². The van der Waals surface area contributed by atoms with E-state index in [0.29, 0.717) is 0 Å². The molecule has 3 heteroatoms. The van der Waals surface area contributed by atoms with Gasteiger partial charge >= 0.3 is 0 Å². The van der Waals surface area contributed by atoms with Crippen LogP contribution in [0.2, 0.25) is 0 Å². The van der Waals surface area contributed by atoms with Gasteiger partial charge in [0, 0.05) is 33.6 Å². The third-order valence-corrected chi connectivity index (χ3v) is 12.1. The van der Waals surface area contributed by atoms with Gasteiger partial charge in [-0.3, -0.25) is 0 Å². The lowest BCUT2D eigenvalue weighted by Gasteiger charge is -2.34. The molecule has 272 valence electrons. The van der Waals surface area contributed by atoms with Crippen LogP contribution >= 0.6 is 0 Å². The minimum Gasteiger partial charge on any atom is -0.456 e. The van der Waals surface area contributed by atoms with E-state index in [4.69, 9.17) is 8.83 Å². The SMILES string of the molecule is c1ccc(-c2cccc(N(c3ccc4c(c3)oc3ccccc34)c3cccc4oc5ccc(C6(c7ccccc7)c7ccccc7-c7ccccc76)cc5c34)c2)cc1. The van der Waals surface area contributed by atoms with Gasteiger partial charge < -0.3 is 13.7 Å². The van der Waals surface area contributed by atoms with Crippen LogP contribution in [0, 0.1) is 0 Å². The molecule has 0 spiro atoms. The van der Waals surface area contributed by atoms with Gasteiger partial charge in [-0.05, 0) is 99.1 Å². The van der Waals surface area contributed by atoms with E-state index >= 15 is 0 Å². The summed E-state index contributed by atoms with van der Waals surface area (Å²) in [6.45, 7) is 0. The van der Waals surface area contributed by atoms with Crippen molar-refractivity contribution in [3.8, 4) is 22.3 Å². The molecule has 2 heterocycles. The molecule has 0 radical (unpaired) electrons. The van der Waals surface area contributed by atoms with E-state index in [1.807, 2.05) is 12.1 Å². The number of fused-ring (bicyclic) bond motifs is 9. The Bertz CT molecular complexity index is 3310. The highest BCUT2D eigenvalue weighted by molar-refractivity contribution is 6.14. The molecular weight excluding hydrogens is 707 g/mol. The summed E-state index contributed by atoms with van der Waals surface area (Å²) >= 11 is 0. The van der Waals surface area contributed by atoms with E-state index in [2.05, 4.69) is 205 Å². The number of hydrogen-bond acceptors (Lipinski definition) is 3. The first-order chi connectivity index (χ1) is 28.8. The van der Waals surface area contributed by atoms with Crippen LogP contribution in [0.25, 0.3) is 66.1 Å². The number of benzene rings is 9. The lowest BCUT2D eigenvalue weighted by Crippen LogP contribution is -2.28. The number of hydrogen-bond donors (Lipinski definition) is 0. The fourth-order valence-corrected chi connectivity index (χ4v) is 9.68. The lowest BCUT2D eigenvalue weighted by molar-refractivity contribution is 0.668. The standard InChI is InChI=1S/C55H35NO2/c1-3-15-36(16-4-1)37-17-13-20-40(33-37)56(41-30-31-45-44-23-9-12-27-50(44)58-53(45)35-41)49-26-14-28-52-54(49)46-34-39(29-32-51(46)57-52)55(38-18-5-2-6-19-38)47-24-10-7-21-42(47)43-22-8-11-25-48(43)55/h1-35H. The van der Waals surface area contributed by atoms with Crippen molar-refractivity contribution in [2.24, 2.45) is 0 Å². The number of para-hydroxylation sites is 1. The van der Waals surface area contributed by atoms with Crippen LogP contribution in [0.15, 0.2) is 221 Å². The van der Waals surface area contributed by atoms with Crippen molar-refractivity contribution < 1.29 is 8.83 Å². The molecule has 2 aromatic heterocycles. The minimum absolute atomic E-state index is 0.531. The van der Waals surface area contributed by atoms with E-state index in [9.17, 15) is 0 Å². The van der Waals surface area contributed by atoms with Gasteiger partial charge in [0.15, 0.2) is 0 Å². The molecule has 0 atom stereocenters. The maximum Gasteiger partial charge on any atom is 0.137 e. The van der Waals surface area contributed by atoms with Crippen LogP contribution in [0.5, 0.6) is 0 Å². The van der Waals surface area contributed by atoms with Crippen LogP contribution in [0.1, 0.15) is 22.3 Å². The van der Waals surface area contributed by atoms with Gasteiger partial charge in [0.1, 0.15) is 22.3 Å². The van der Waals surface area contributed by atoms with Gasteiger partial charge in [0.05, 0.1) is 16.5 Å². The first-order valence-electron chi connectivity index (χ1n) is 19.8. The summed E-state index contributed by atoms with van der Waals surface area (Å²) in [5.74, 6) is 0. The maximum absolute atomic E-state index is 6.77. The number of furan rings is 2. The second-order valence-corrected chi connectivity index (χ2v) is 15.2. The molecule has 0 saturated carbocycles. The highest BCUT2D eigenvalue weighted by Gasteiger charge is 2.46. The fraction of sp³-hybridized carbons (Fsp3) is 0.0182. The van der Waals surface area contributed by atoms with Crippen molar-refractivity contribution in [3.05, 3.63) is 235 Å². The quantitative estimate of drug-likeness (QED) is 0.170. The first kappa shape index (κ1) is 32.6. The zero-order valence-electron chi connectivity index (χ0n) is 31.5. The molecule has 1 aliphatic carbocycles. The molecule has 0 unspecified atom stereocenters. The zero-order chi connectivity index (χ0) is 38.2. The van der Waals surface area contributed by atoms with Gasteiger partial charge in [0.2, 0.25) is 0 Å². The Morgan fingerprint density at radius 1 is 0.345 bits per heavy atom. The van der Waals surface area contributed by atoms with Crippen molar-refractivity contribution in [3.63, 3.8) is 0 Å². The molecule has 0 saturated heterocycles. The largest absolute Gasteiger partial charge is 0.456 e. The van der Waals surface area contributed by atoms with E-state index < -0.39 is 5.41 Å². The normalized spacial score (nSPS) is 13.0. The Hall–Kier alpha value is -7.62. The Labute approximate surface area is 335 Å². The number of nitrogens with zero attached hydrogens (tertiary/aromatic N) is 1. The minimum atomic E-state index is -0.531. The van der Waals surface area contributed by atoms with Crippen molar-refractivity contribution in [1.29, 1.82) is 0 Å². The summed E-state index contributed by atoms with van der Waals surface area (Å²) in [6.07, 6.45) is 0. The van der Waals surface area contributed by atoms with Crippen LogP contribution in [0.4, 0.5) is 17.1 Å². The molecule has 0 bridgehead atoms. The van der Waals surface area contributed by atoms with Crippen LogP contribution in [-0.4, -0.2) is 0 Å². The Kier molecular flexibility index (Phi) is 7.14. The predicted molar refractivity (Wildman–Crippen MR) is 238 cm³/mol. The predicted octanol–water partition coefficient (Wildman–Crippen LogP) is 15.0. The average molecular weight is 742 g/mol. The first-order valence-corrected chi connectivity index (χ1v) is 19.8. The summed E-state index contributed by atoms with van der Waals surface area (Å²) < 4.78 is 13.3. The number of rotatable bonds is 6. The van der Waals surface area contributed by atoms with Crippen molar-refractivity contribution in [2.45, 2.75) is 5.41 Å². The van der Waals surface area contributed by atoms with E-state index in [-0.39, 0.29) is 0 Å². The van der Waals surface area contributed by atoms with Crippen molar-refractivity contribution in [2.75, 3.05) is 4.90 Å². The summed E-state index contributed by atoms with van der Waals surface area (Å²) in [5, 5.41) is 4.32. The highest BCUT2D eigenvalue weighted by Crippen LogP contribution is 2.57. The molecule has 12 rings (SSSR count). The lowest BCUT2D eigenvalue weighted by atomic mass is 9.67. The topological polar surface area (TPSA) is 29.5 Å². The third kappa shape index (κ3) is 4.74. The summed E-state index contributed by atoms with van der Waals surface area (Å²) in [5.41, 5.74) is 15.8.